The van der Waals surface area contributed by atoms with Crippen LogP contribution in [-0.4, -0.2) is 48.1 Å². The number of benzene rings is 1. The number of carbonyl (C=O) groups excluding carboxylic acids is 3. The minimum absolute atomic E-state index is 0.0258. The number of cyclic esters (lactones) is 1. The summed E-state index contributed by atoms with van der Waals surface area (Å²) in [5, 5.41) is 3.67. The zero-order chi connectivity index (χ0) is 20.1. The molecule has 1 aliphatic rings. The number of carbonyl (C=O) groups is 3. The third-order valence-corrected chi connectivity index (χ3v) is 3.61. The fourth-order valence-corrected chi connectivity index (χ4v) is 2.48. The number of rotatable bonds is 5. The summed E-state index contributed by atoms with van der Waals surface area (Å²) < 4.78 is 15.9. The fourth-order valence-electron chi connectivity index (χ4n) is 2.48. The molecule has 1 aliphatic heterocycles. The second-order valence-electron chi connectivity index (χ2n) is 6.98. The molecule has 1 atom stereocenters. The van der Waals surface area contributed by atoms with E-state index in [9.17, 15) is 14.4 Å². The smallest absolute Gasteiger partial charge is 0.429 e. The van der Waals surface area contributed by atoms with Crippen molar-refractivity contribution in [1.29, 1.82) is 0 Å². The van der Waals surface area contributed by atoms with Crippen molar-refractivity contribution in [2.75, 3.05) is 13.6 Å². The van der Waals surface area contributed by atoms with Crippen molar-refractivity contribution >= 4 is 18.0 Å². The molecule has 1 saturated heterocycles. The molecule has 1 heterocycles. The average molecular weight is 379 g/mol. The summed E-state index contributed by atoms with van der Waals surface area (Å²) in [5.41, 5.74) is 2.70. The van der Waals surface area contributed by atoms with E-state index in [0.717, 1.165) is 10.6 Å². The zero-order valence-corrected chi connectivity index (χ0v) is 15.9. The summed E-state index contributed by atoms with van der Waals surface area (Å²) in [5.74, 6) is -3.03. The van der Waals surface area contributed by atoms with Gasteiger partial charge in [0.05, 0.1) is 0 Å². The summed E-state index contributed by atoms with van der Waals surface area (Å²) in [7, 11) is 1.46. The van der Waals surface area contributed by atoms with Crippen molar-refractivity contribution in [3.8, 4) is 0 Å². The van der Waals surface area contributed by atoms with E-state index in [4.69, 9.17) is 14.2 Å². The molecular formula is C18H25N3O6. The summed E-state index contributed by atoms with van der Waals surface area (Å²) in [4.78, 5) is 36.7. The predicted molar refractivity (Wildman–Crippen MR) is 94.8 cm³/mol. The summed E-state index contributed by atoms with van der Waals surface area (Å²) >= 11 is 0. The molecule has 0 spiro atoms. The van der Waals surface area contributed by atoms with Crippen LogP contribution in [0.25, 0.3) is 0 Å². The minimum Gasteiger partial charge on any atom is -0.460 e. The Hall–Kier alpha value is -2.65. The predicted octanol–water partition coefficient (Wildman–Crippen LogP) is 1.29. The van der Waals surface area contributed by atoms with Crippen LogP contribution in [0.1, 0.15) is 32.8 Å². The summed E-state index contributed by atoms with van der Waals surface area (Å²) in [6.45, 7) is 4.94. The Morgan fingerprint density at radius 3 is 2.56 bits per heavy atom. The molecule has 1 amide bonds. The molecule has 27 heavy (non-hydrogen) atoms. The number of esters is 2. The second kappa shape index (κ2) is 8.36. The number of nitrogens with one attached hydrogen (secondary N) is 2. The number of hydrogen-bond acceptors (Lipinski definition) is 8. The van der Waals surface area contributed by atoms with E-state index in [1.54, 1.807) is 20.8 Å². The first-order chi connectivity index (χ1) is 12.6. The highest BCUT2D eigenvalue weighted by Crippen LogP contribution is 2.23. The molecule has 148 valence electrons. The lowest BCUT2D eigenvalue weighted by Gasteiger charge is -2.43. The summed E-state index contributed by atoms with van der Waals surface area (Å²) in [6.07, 6.45) is -1.22. The van der Waals surface area contributed by atoms with Gasteiger partial charge in [0.25, 0.3) is 5.85 Å². The van der Waals surface area contributed by atoms with Gasteiger partial charge in [-0.2, -0.15) is 5.01 Å². The monoisotopic (exact) mass is 379 g/mol. The van der Waals surface area contributed by atoms with Crippen molar-refractivity contribution < 1.29 is 28.6 Å². The molecular weight excluding hydrogens is 354 g/mol. The van der Waals surface area contributed by atoms with Crippen LogP contribution in [0.2, 0.25) is 0 Å². The Morgan fingerprint density at radius 1 is 1.30 bits per heavy atom. The van der Waals surface area contributed by atoms with E-state index in [0.29, 0.717) is 0 Å². The molecule has 1 unspecified atom stereocenters. The van der Waals surface area contributed by atoms with E-state index in [2.05, 4.69) is 10.7 Å². The third-order valence-electron chi connectivity index (χ3n) is 3.61. The van der Waals surface area contributed by atoms with Crippen LogP contribution in [0.5, 0.6) is 0 Å². The van der Waals surface area contributed by atoms with Crippen molar-refractivity contribution in [2.24, 2.45) is 0 Å². The van der Waals surface area contributed by atoms with Gasteiger partial charge in [0.2, 0.25) is 0 Å². The third kappa shape index (κ3) is 5.66. The Bertz CT molecular complexity index is 688. The van der Waals surface area contributed by atoms with Crippen LogP contribution >= 0.6 is 0 Å². The molecule has 1 fully saturated rings. The first-order valence-corrected chi connectivity index (χ1v) is 8.52. The van der Waals surface area contributed by atoms with Crippen LogP contribution in [0.4, 0.5) is 4.79 Å². The highest BCUT2D eigenvalue weighted by Gasteiger charge is 2.49. The maximum absolute atomic E-state index is 12.6. The van der Waals surface area contributed by atoms with Gasteiger partial charge in [-0.3, -0.25) is 14.9 Å². The van der Waals surface area contributed by atoms with Gasteiger partial charge in [-0.25, -0.2) is 10.2 Å². The van der Waals surface area contributed by atoms with Crippen LogP contribution in [0, 0.1) is 0 Å². The second-order valence-corrected chi connectivity index (χ2v) is 6.98. The molecule has 0 radical (unpaired) electrons. The van der Waals surface area contributed by atoms with Crippen LogP contribution in [-0.2, 0) is 30.4 Å². The van der Waals surface area contributed by atoms with Gasteiger partial charge in [0.15, 0.2) is 0 Å². The standard InChI is InChI=1S/C18H25N3O6/c1-17(2,3)26-14(22)10-18(19-4)21(20-11-15(23)27-18)16(24)25-12-13-8-6-5-7-9-13/h5-9,19-20H,10-12H2,1-4H3. The molecule has 0 aliphatic carbocycles. The number of amides is 1. The molecule has 9 nitrogen and oxygen atoms in total. The molecule has 0 aromatic heterocycles. The Kier molecular flexibility index (Phi) is 6.40. The molecule has 2 rings (SSSR count). The van der Waals surface area contributed by atoms with Gasteiger partial charge in [0, 0.05) is 0 Å². The number of hydrazine groups is 1. The SMILES string of the molecule is CNC1(CC(=O)OC(C)(C)C)OC(=O)CNN1C(=O)OCc1ccccc1. The van der Waals surface area contributed by atoms with E-state index >= 15 is 0 Å². The van der Waals surface area contributed by atoms with Gasteiger partial charge < -0.3 is 14.2 Å². The van der Waals surface area contributed by atoms with Gasteiger partial charge in [0.1, 0.15) is 25.2 Å². The zero-order valence-electron chi connectivity index (χ0n) is 15.9. The minimum atomic E-state index is -1.76. The van der Waals surface area contributed by atoms with Crippen LogP contribution in [0.15, 0.2) is 30.3 Å². The quantitative estimate of drug-likeness (QED) is 0.582. The molecule has 2 N–H and O–H groups in total. The highest BCUT2D eigenvalue weighted by atomic mass is 16.6. The molecule has 9 heteroatoms. The molecule has 1 aromatic carbocycles. The summed E-state index contributed by atoms with van der Waals surface area (Å²) in [6, 6.07) is 9.12. The number of ether oxygens (including phenoxy) is 3. The lowest BCUT2D eigenvalue weighted by molar-refractivity contribution is -0.219. The lowest BCUT2D eigenvalue weighted by Crippen LogP contribution is -2.71. The fraction of sp³-hybridized carbons (Fsp3) is 0.500. The van der Waals surface area contributed by atoms with E-state index in [1.165, 1.54) is 7.05 Å². The number of hydrogen-bond donors (Lipinski definition) is 2. The normalized spacial score (nSPS) is 20.0. The average Bonchev–Trinajstić information content (AvgIpc) is 2.59. The molecule has 1 aromatic rings. The van der Waals surface area contributed by atoms with Gasteiger partial charge in [-0.05, 0) is 33.4 Å². The van der Waals surface area contributed by atoms with Crippen molar-refractivity contribution in [2.45, 2.75) is 45.2 Å². The molecule has 0 saturated carbocycles. The van der Waals surface area contributed by atoms with E-state index in [-0.39, 0.29) is 13.2 Å². The maximum atomic E-state index is 12.6. The topological polar surface area (TPSA) is 106 Å². The van der Waals surface area contributed by atoms with Crippen molar-refractivity contribution in [1.82, 2.24) is 15.8 Å². The molecule has 0 bridgehead atoms. The first-order valence-electron chi connectivity index (χ1n) is 8.52. The van der Waals surface area contributed by atoms with E-state index < -0.39 is 35.9 Å². The largest absolute Gasteiger partial charge is 0.460 e. The number of nitrogens with zero attached hydrogens (tertiary/aromatic N) is 1. The maximum Gasteiger partial charge on any atom is 0.429 e. The Labute approximate surface area is 157 Å². The Balaban J connectivity index is 2.13. The first kappa shape index (κ1) is 20.7. The van der Waals surface area contributed by atoms with Crippen molar-refractivity contribution in [3.05, 3.63) is 35.9 Å². The van der Waals surface area contributed by atoms with Gasteiger partial charge in [-0.15, -0.1) is 0 Å². The van der Waals surface area contributed by atoms with Crippen LogP contribution in [0.3, 0.4) is 0 Å². The lowest BCUT2D eigenvalue weighted by atomic mass is 10.2. The Morgan fingerprint density at radius 2 is 1.96 bits per heavy atom. The van der Waals surface area contributed by atoms with Gasteiger partial charge >= 0.3 is 18.0 Å². The van der Waals surface area contributed by atoms with Gasteiger partial charge in [-0.1, -0.05) is 30.3 Å². The highest BCUT2D eigenvalue weighted by molar-refractivity contribution is 5.78. The van der Waals surface area contributed by atoms with E-state index in [1.807, 2.05) is 30.3 Å². The van der Waals surface area contributed by atoms with Crippen molar-refractivity contribution in [3.63, 3.8) is 0 Å². The van der Waals surface area contributed by atoms with Crippen LogP contribution < -0.4 is 10.7 Å².